The lowest BCUT2D eigenvalue weighted by atomic mass is 10.0. The summed E-state index contributed by atoms with van der Waals surface area (Å²) in [5, 5.41) is 15.6. The Balaban J connectivity index is 1.38. The molecule has 0 radical (unpaired) electrons. The van der Waals surface area contributed by atoms with Gasteiger partial charge in [-0.2, -0.15) is 5.26 Å². The van der Waals surface area contributed by atoms with Crippen LogP contribution in [0.25, 0.3) is 0 Å². The predicted octanol–water partition coefficient (Wildman–Crippen LogP) is 0.949. The molecule has 1 amide bonds. The van der Waals surface area contributed by atoms with E-state index in [2.05, 4.69) is 41.5 Å². The van der Waals surface area contributed by atoms with Gasteiger partial charge in [0.1, 0.15) is 28.9 Å². The lowest BCUT2D eigenvalue weighted by Gasteiger charge is -2.40. The molecule has 2 aliphatic heterocycles. The molecule has 2 saturated heterocycles. The van der Waals surface area contributed by atoms with E-state index in [1.807, 2.05) is 6.07 Å². The van der Waals surface area contributed by atoms with Crippen LogP contribution in [0.15, 0.2) is 18.6 Å². The van der Waals surface area contributed by atoms with Gasteiger partial charge in [-0.1, -0.05) is 11.3 Å². The Morgan fingerprint density at radius 2 is 2.11 bits per heavy atom. The standard InChI is InChI=1S/C17H20N8OS/c18-9-12-10-20-17(27-12)23-14-8-15(22-11-21-14)25-6-4-24(5-7-25)13-2-1-3-19-16(13)26/h8,10-11,13H,1-7H2,(H,19,26)(H,20,21,22,23). The van der Waals surface area contributed by atoms with Crippen LogP contribution >= 0.6 is 11.3 Å². The van der Waals surface area contributed by atoms with Crippen LogP contribution in [0.2, 0.25) is 0 Å². The molecular formula is C17H20N8OS. The first kappa shape index (κ1) is 17.6. The number of rotatable bonds is 4. The minimum absolute atomic E-state index is 0.00256. The van der Waals surface area contributed by atoms with E-state index in [4.69, 9.17) is 5.26 Å². The van der Waals surface area contributed by atoms with Crippen LogP contribution in [0.5, 0.6) is 0 Å². The second-order valence-electron chi connectivity index (χ2n) is 6.50. The zero-order valence-corrected chi connectivity index (χ0v) is 15.6. The van der Waals surface area contributed by atoms with E-state index in [1.165, 1.54) is 23.9 Å². The van der Waals surface area contributed by atoms with Gasteiger partial charge in [0.25, 0.3) is 0 Å². The molecule has 10 heteroatoms. The third-order valence-electron chi connectivity index (χ3n) is 4.84. The van der Waals surface area contributed by atoms with E-state index in [0.717, 1.165) is 51.4 Å². The first-order valence-electron chi connectivity index (χ1n) is 8.94. The molecule has 27 heavy (non-hydrogen) atoms. The van der Waals surface area contributed by atoms with E-state index in [1.54, 1.807) is 0 Å². The fraction of sp³-hybridized carbons (Fsp3) is 0.471. The summed E-state index contributed by atoms with van der Waals surface area (Å²) in [7, 11) is 0. The smallest absolute Gasteiger partial charge is 0.237 e. The number of hydrogen-bond donors (Lipinski definition) is 2. The van der Waals surface area contributed by atoms with Crippen LogP contribution in [0.4, 0.5) is 16.8 Å². The van der Waals surface area contributed by atoms with Gasteiger partial charge in [-0.05, 0) is 12.8 Å². The minimum Gasteiger partial charge on any atom is -0.355 e. The molecule has 2 N–H and O–H groups in total. The number of carbonyl (C=O) groups is 1. The maximum absolute atomic E-state index is 12.1. The highest BCUT2D eigenvalue weighted by atomic mass is 32.1. The summed E-state index contributed by atoms with van der Waals surface area (Å²) in [5.74, 6) is 1.65. The molecule has 0 aliphatic carbocycles. The van der Waals surface area contributed by atoms with Gasteiger partial charge >= 0.3 is 0 Å². The maximum atomic E-state index is 12.1. The first-order chi connectivity index (χ1) is 13.2. The molecule has 2 aromatic heterocycles. The quantitative estimate of drug-likeness (QED) is 0.802. The Hall–Kier alpha value is -2.77. The third-order valence-corrected chi connectivity index (χ3v) is 5.66. The number of nitriles is 1. The van der Waals surface area contributed by atoms with Crippen LogP contribution < -0.4 is 15.5 Å². The number of piperidine rings is 1. The second-order valence-corrected chi connectivity index (χ2v) is 7.53. The summed E-state index contributed by atoms with van der Waals surface area (Å²) >= 11 is 1.28. The van der Waals surface area contributed by atoms with E-state index < -0.39 is 0 Å². The minimum atomic E-state index is 0.00256. The van der Waals surface area contributed by atoms with Gasteiger partial charge in [-0.25, -0.2) is 15.0 Å². The van der Waals surface area contributed by atoms with Gasteiger partial charge < -0.3 is 15.5 Å². The lowest BCUT2D eigenvalue weighted by molar-refractivity contribution is -0.128. The van der Waals surface area contributed by atoms with Crippen molar-refractivity contribution in [3.63, 3.8) is 0 Å². The van der Waals surface area contributed by atoms with Gasteiger partial charge in [0.05, 0.1) is 12.2 Å². The molecule has 4 heterocycles. The van der Waals surface area contributed by atoms with Crippen LogP contribution in [-0.4, -0.2) is 64.5 Å². The normalized spacial score (nSPS) is 20.8. The molecule has 2 aliphatic rings. The van der Waals surface area contributed by atoms with Crippen molar-refractivity contribution in [2.75, 3.05) is 42.9 Å². The number of carbonyl (C=O) groups excluding carboxylic acids is 1. The molecule has 0 aromatic carbocycles. The molecule has 0 saturated carbocycles. The second kappa shape index (κ2) is 7.85. The van der Waals surface area contributed by atoms with Crippen molar-refractivity contribution in [1.82, 2.24) is 25.2 Å². The Labute approximate surface area is 161 Å². The van der Waals surface area contributed by atoms with E-state index in [-0.39, 0.29) is 11.9 Å². The average molecular weight is 384 g/mol. The number of nitrogens with one attached hydrogen (secondary N) is 2. The van der Waals surface area contributed by atoms with Gasteiger partial charge in [0.15, 0.2) is 5.13 Å². The molecule has 4 rings (SSSR count). The fourth-order valence-electron chi connectivity index (χ4n) is 3.45. The molecule has 2 aromatic rings. The Kier molecular flexibility index (Phi) is 5.13. The molecule has 140 valence electrons. The van der Waals surface area contributed by atoms with Gasteiger partial charge in [-0.15, -0.1) is 0 Å². The molecule has 2 fully saturated rings. The van der Waals surface area contributed by atoms with Gasteiger partial charge in [0.2, 0.25) is 5.91 Å². The molecule has 0 spiro atoms. The highest BCUT2D eigenvalue weighted by Gasteiger charge is 2.30. The number of amides is 1. The SMILES string of the molecule is N#Cc1cnc(Nc2cc(N3CCN(C4CCCNC4=O)CC3)ncn2)s1. The van der Waals surface area contributed by atoms with Crippen LogP contribution in [0, 0.1) is 11.3 Å². The van der Waals surface area contributed by atoms with Crippen molar-refractivity contribution in [2.45, 2.75) is 18.9 Å². The Bertz CT molecular complexity index is 855. The van der Waals surface area contributed by atoms with Crippen LogP contribution in [-0.2, 0) is 4.79 Å². The summed E-state index contributed by atoms with van der Waals surface area (Å²) in [6.07, 6.45) is 5.04. The Morgan fingerprint density at radius 3 is 2.85 bits per heavy atom. The van der Waals surface area contributed by atoms with Gasteiger partial charge in [-0.3, -0.25) is 9.69 Å². The van der Waals surface area contributed by atoms with Crippen molar-refractivity contribution < 1.29 is 4.79 Å². The fourth-order valence-corrected chi connectivity index (χ4v) is 4.07. The summed E-state index contributed by atoms with van der Waals surface area (Å²) in [5.41, 5.74) is 0. The van der Waals surface area contributed by atoms with Crippen molar-refractivity contribution >= 4 is 34.0 Å². The van der Waals surface area contributed by atoms with Crippen molar-refractivity contribution in [2.24, 2.45) is 0 Å². The van der Waals surface area contributed by atoms with E-state index in [9.17, 15) is 4.79 Å². The number of thiazole rings is 1. The number of nitrogens with zero attached hydrogens (tertiary/aromatic N) is 6. The third kappa shape index (κ3) is 3.99. The van der Waals surface area contributed by atoms with Gasteiger partial charge in [0, 0.05) is 38.8 Å². The monoisotopic (exact) mass is 384 g/mol. The summed E-state index contributed by atoms with van der Waals surface area (Å²) in [6, 6.07) is 3.96. The Morgan fingerprint density at radius 1 is 1.26 bits per heavy atom. The molecule has 1 atom stereocenters. The summed E-state index contributed by atoms with van der Waals surface area (Å²) < 4.78 is 0. The topological polar surface area (TPSA) is 110 Å². The molecule has 1 unspecified atom stereocenters. The number of hydrogen-bond acceptors (Lipinski definition) is 9. The predicted molar refractivity (Wildman–Crippen MR) is 102 cm³/mol. The zero-order chi connectivity index (χ0) is 18.6. The number of piperazine rings is 1. The van der Waals surface area contributed by atoms with E-state index in [0.29, 0.717) is 15.8 Å². The van der Waals surface area contributed by atoms with Crippen LogP contribution in [0.3, 0.4) is 0 Å². The van der Waals surface area contributed by atoms with Crippen LogP contribution in [0.1, 0.15) is 17.7 Å². The highest BCUT2D eigenvalue weighted by molar-refractivity contribution is 7.16. The first-order valence-corrected chi connectivity index (χ1v) is 9.76. The zero-order valence-electron chi connectivity index (χ0n) is 14.8. The lowest BCUT2D eigenvalue weighted by Crippen LogP contribution is -2.56. The summed E-state index contributed by atoms with van der Waals surface area (Å²) in [6.45, 7) is 4.10. The largest absolute Gasteiger partial charge is 0.355 e. The number of anilines is 3. The van der Waals surface area contributed by atoms with Crippen molar-refractivity contribution in [3.8, 4) is 6.07 Å². The maximum Gasteiger partial charge on any atom is 0.237 e. The highest BCUT2D eigenvalue weighted by Crippen LogP contribution is 2.23. The van der Waals surface area contributed by atoms with E-state index >= 15 is 0 Å². The number of aromatic nitrogens is 3. The van der Waals surface area contributed by atoms with Crippen molar-refractivity contribution in [1.29, 1.82) is 5.26 Å². The van der Waals surface area contributed by atoms with Crippen molar-refractivity contribution in [3.05, 3.63) is 23.5 Å². The molecular weight excluding hydrogens is 364 g/mol. The summed E-state index contributed by atoms with van der Waals surface area (Å²) in [4.78, 5) is 29.9. The molecule has 9 nitrogen and oxygen atoms in total. The molecule has 0 bridgehead atoms. The average Bonchev–Trinajstić information content (AvgIpc) is 3.16.